The van der Waals surface area contributed by atoms with E-state index in [0.29, 0.717) is 17.4 Å². The molecule has 0 saturated heterocycles. The number of hydrogen-bond donors (Lipinski definition) is 1. The highest BCUT2D eigenvalue weighted by atomic mass is 16.4. The Labute approximate surface area is 126 Å². The zero-order chi connectivity index (χ0) is 15.6. The molecule has 110 valence electrons. The first kappa shape index (κ1) is 15.3. The molecule has 0 amide bonds. The van der Waals surface area contributed by atoms with Crippen LogP contribution in [0.4, 0.5) is 0 Å². The Morgan fingerprint density at radius 3 is 1.90 bits per heavy atom. The van der Waals surface area contributed by atoms with E-state index in [1.54, 1.807) is 12.1 Å². The number of carboxylic acid groups (broad SMARTS) is 1. The first-order valence-electron chi connectivity index (χ1n) is 7.37. The Bertz CT molecular complexity index is 628. The molecule has 1 N–H and O–H groups in total. The van der Waals surface area contributed by atoms with E-state index in [2.05, 4.69) is 45.9 Å². The molecule has 0 bridgehead atoms. The first-order chi connectivity index (χ1) is 9.90. The fourth-order valence-electron chi connectivity index (χ4n) is 2.42. The van der Waals surface area contributed by atoms with Crippen molar-refractivity contribution in [1.29, 1.82) is 0 Å². The smallest absolute Gasteiger partial charge is 0.336 e. The average molecular weight is 282 g/mol. The van der Waals surface area contributed by atoms with Crippen molar-refractivity contribution in [3.8, 4) is 11.1 Å². The number of carbonyl (C=O) groups is 1. The second-order valence-corrected chi connectivity index (χ2v) is 6.05. The summed E-state index contributed by atoms with van der Waals surface area (Å²) in [6.45, 7) is 8.64. The van der Waals surface area contributed by atoms with E-state index in [0.717, 1.165) is 11.1 Å². The van der Waals surface area contributed by atoms with E-state index in [1.165, 1.54) is 11.1 Å². The second kappa shape index (κ2) is 6.13. The molecular formula is C19H22O2. The van der Waals surface area contributed by atoms with Crippen LogP contribution in [0.5, 0.6) is 0 Å². The minimum atomic E-state index is -0.883. The van der Waals surface area contributed by atoms with Gasteiger partial charge in [-0.3, -0.25) is 0 Å². The molecule has 0 aliphatic heterocycles. The lowest BCUT2D eigenvalue weighted by atomic mass is 9.89. The van der Waals surface area contributed by atoms with Crippen LogP contribution in [-0.2, 0) is 0 Å². The van der Waals surface area contributed by atoms with Gasteiger partial charge < -0.3 is 5.11 Å². The highest BCUT2D eigenvalue weighted by molar-refractivity contribution is 5.96. The van der Waals surface area contributed by atoms with E-state index in [-0.39, 0.29) is 0 Å². The van der Waals surface area contributed by atoms with Crippen molar-refractivity contribution in [3.05, 3.63) is 59.2 Å². The number of carboxylic acids is 1. The van der Waals surface area contributed by atoms with Gasteiger partial charge in [0.15, 0.2) is 0 Å². The largest absolute Gasteiger partial charge is 0.478 e. The number of benzene rings is 2. The van der Waals surface area contributed by atoms with Gasteiger partial charge in [-0.2, -0.15) is 0 Å². The summed E-state index contributed by atoms with van der Waals surface area (Å²) in [6, 6.07) is 13.6. The van der Waals surface area contributed by atoms with E-state index < -0.39 is 5.97 Å². The van der Waals surface area contributed by atoms with E-state index >= 15 is 0 Å². The van der Waals surface area contributed by atoms with Gasteiger partial charge in [-0.25, -0.2) is 4.79 Å². The summed E-state index contributed by atoms with van der Waals surface area (Å²) in [6.07, 6.45) is 0. The Kier molecular flexibility index (Phi) is 4.46. The molecule has 0 aromatic heterocycles. The van der Waals surface area contributed by atoms with E-state index in [4.69, 9.17) is 0 Å². The summed E-state index contributed by atoms with van der Waals surface area (Å²) >= 11 is 0. The van der Waals surface area contributed by atoms with Crippen molar-refractivity contribution in [3.63, 3.8) is 0 Å². The predicted molar refractivity (Wildman–Crippen MR) is 87.0 cm³/mol. The lowest BCUT2D eigenvalue weighted by Crippen LogP contribution is -2.01. The molecule has 0 saturated carbocycles. The van der Waals surface area contributed by atoms with Crippen LogP contribution in [0, 0.1) is 0 Å². The Morgan fingerprint density at radius 1 is 0.905 bits per heavy atom. The quantitative estimate of drug-likeness (QED) is 0.826. The standard InChI is InChI=1S/C19H22O2/c1-12(2)14-9-15(13(3)4)11-16(10-14)17-7-5-6-8-18(17)19(20)21/h5-13H,1-4H3,(H,20,21). The Balaban J connectivity index is 2.66. The van der Waals surface area contributed by atoms with Gasteiger partial charge in [0.25, 0.3) is 0 Å². The molecule has 2 aromatic rings. The van der Waals surface area contributed by atoms with Gasteiger partial charge in [0.2, 0.25) is 0 Å². The highest BCUT2D eigenvalue weighted by Gasteiger charge is 2.14. The molecule has 21 heavy (non-hydrogen) atoms. The predicted octanol–water partition coefficient (Wildman–Crippen LogP) is 5.30. The SMILES string of the molecule is CC(C)c1cc(-c2ccccc2C(=O)O)cc(C(C)C)c1. The molecule has 0 spiro atoms. The maximum atomic E-state index is 11.4. The van der Waals surface area contributed by atoms with Crippen LogP contribution in [0.2, 0.25) is 0 Å². The van der Waals surface area contributed by atoms with E-state index in [1.807, 2.05) is 12.1 Å². The minimum absolute atomic E-state index is 0.355. The van der Waals surface area contributed by atoms with Crippen LogP contribution in [0.1, 0.15) is 61.0 Å². The number of hydrogen-bond acceptors (Lipinski definition) is 1. The van der Waals surface area contributed by atoms with Gasteiger partial charge in [0.1, 0.15) is 0 Å². The van der Waals surface area contributed by atoms with Crippen molar-refractivity contribution in [1.82, 2.24) is 0 Å². The lowest BCUT2D eigenvalue weighted by Gasteiger charge is -2.15. The Hall–Kier alpha value is -2.09. The maximum absolute atomic E-state index is 11.4. The topological polar surface area (TPSA) is 37.3 Å². The first-order valence-corrected chi connectivity index (χ1v) is 7.37. The molecule has 2 heteroatoms. The summed E-state index contributed by atoms with van der Waals surface area (Å²) < 4.78 is 0. The van der Waals surface area contributed by atoms with Crippen molar-refractivity contribution in [2.75, 3.05) is 0 Å². The molecule has 2 aromatic carbocycles. The van der Waals surface area contributed by atoms with E-state index in [9.17, 15) is 9.90 Å². The Morgan fingerprint density at radius 2 is 1.43 bits per heavy atom. The fraction of sp³-hybridized carbons (Fsp3) is 0.316. The van der Waals surface area contributed by atoms with Crippen molar-refractivity contribution < 1.29 is 9.90 Å². The molecule has 0 aliphatic carbocycles. The number of rotatable bonds is 4. The molecule has 0 fully saturated rings. The molecular weight excluding hydrogens is 260 g/mol. The van der Waals surface area contributed by atoms with Crippen molar-refractivity contribution in [2.45, 2.75) is 39.5 Å². The maximum Gasteiger partial charge on any atom is 0.336 e. The third-order valence-corrected chi connectivity index (χ3v) is 3.78. The number of aromatic carboxylic acids is 1. The summed E-state index contributed by atoms with van der Waals surface area (Å²) in [4.78, 5) is 11.4. The highest BCUT2D eigenvalue weighted by Crippen LogP contribution is 2.31. The molecule has 0 radical (unpaired) electrons. The fourth-order valence-corrected chi connectivity index (χ4v) is 2.42. The summed E-state index contributed by atoms with van der Waals surface area (Å²) in [5.41, 5.74) is 4.62. The van der Waals surface area contributed by atoms with Gasteiger partial charge in [-0.1, -0.05) is 64.1 Å². The average Bonchev–Trinajstić information content (AvgIpc) is 2.46. The monoisotopic (exact) mass is 282 g/mol. The van der Waals surface area contributed by atoms with Gasteiger partial charge >= 0.3 is 5.97 Å². The zero-order valence-electron chi connectivity index (χ0n) is 13.1. The molecule has 0 unspecified atom stereocenters. The van der Waals surface area contributed by atoms with Gasteiger partial charge in [-0.15, -0.1) is 0 Å². The molecule has 0 heterocycles. The molecule has 2 nitrogen and oxygen atoms in total. The van der Waals surface area contributed by atoms with Gasteiger partial charge in [0.05, 0.1) is 5.56 Å². The van der Waals surface area contributed by atoms with Gasteiger partial charge in [0, 0.05) is 0 Å². The van der Waals surface area contributed by atoms with Crippen LogP contribution < -0.4 is 0 Å². The summed E-state index contributed by atoms with van der Waals surface area (Å²) in [7, 11) is 0. The molecule has 0 atom stereocenters. The van der Waals surface area contributed by atoms with Gasteiger partial charge in [-0.05, 0) is 40.2 Å². The second-order valence-electron chi connectivity index (χ2n) is 6.05. The normalized spacial score (nSPS) is 11.1. The van der Waals surface area contributed by atoms with Crippen LogP contribution in [-0.4, -0.2) is 11.1 Å². The summed E-state index contributed by atoms with van der Waals surface area (Å²) in [5.74, 6) is -0.0504. The lowest BCUT2D eigenvalue weighted by molar-refractivity contribution is 0.0697. The van der Waals surface area contributed by atoms with Crippen LogP contribution in [0.3, 0.4) is 0 Å². The van der Waals surface area contributed by atoms with Crippen molar-refractivity contribution in [2.24, 2.45) is 0 Å². The van der Waals surface area contributed by atoms with Crippen molar-refractivity contribution >= 4 is 5.97 Å². The molecule has 0 aliphatic rings. The van der Waals surface area contributed by atoms with Crippen LogP contribution in [0.25, 0.3) is 11.1 Å². The zero-order valence-corrected chi connectivity index (χ0v) is 13.1. The third-order valence-electron chi connectivity index (χ3n) is 3.78. The minimum Gasteiger partial charge on any atom is -0.478 e. The summed E-state index contributed by atoms with van der Waals surface area (Å²) in [5, 5.41) is 9.38. The third kappa shape index (κ3) is 3.33. The van der Waals surface area contributed by atoms with Crippen LogP contribution >= 0.6 is 0 Å². The molecule has 2 rings (SSSR count). The van der Waals surface area contributed by atoms with Crippen LogP contribution in [0.15, 0.2) is 42.5 Å².